The number of nitrogens with one attached hydrogen (secondary N) is 2. The average Bonchev–Trinajstić information content (AvgIpc) is 2.95. The van der Waals surface area contributed by atoms with Crippen molar-refractivity contribution >= 4 is 28.1 Å². The lowest BCUT2D eigenvalue weighted by Gasteiger charge is -2.12. The molecule has 6 heteroatoms. The van der Waals surface area contributed by atoms with Crippen LogP contribution in [0, 0.1) is 0 Å². The molecule has 0 saturated carbocycles. The Hall–Kier alpha value is -1.92. The minimum atomic E-state index is -0.140. The molecule has 112 valence electrons. The van der Waals surface area contributed by atoms with Crippen LogP contribution in [0.25, 0.3) is 0 Å². The van der Waals surface area contributed by atoms with Gasteiger partial charge in [-0.25, -0.2) is 4.98 Å². The SMILES string of the molecule is CNC(C)c1csc(NC(=O)c2ccc(N(C)C)cc2)n1. The predicted molar refractivity (Wildman–Crippen MR) is 88.3 cm³/mol. The Bertz CT molecular complexity index is 606. The Morgan fingerprint density at radius 2 is 1.95 bits per heavy atom. The maximum Gasteiger partial charge on any atom is 0.257 e. The van der Waals surface area contributed by atoms with E-state index in [-0.39, 0.29) is 11.9 Å². The van der Waals surface area contributed by atoms with Gasteiger partial charge in [0.05, 0.1) is 5.69 Å². The highest BCUT2D eigenvalue weighted by molar-refractivity contribution is 7.14. The predicted octanol–water partition coefficient (Wildman–Crippen LogP) is 2.74. The molecule has 1 heterocycles. The molecular formula is C15H20N4OS. The molecule has 0 fully saturated rings. The van der Waals surface area contributed by atoms with Gasteiger partial charge in [0.1, 0.15) is 0 Å². The molecule has 1 amide bonds. The van der Waals surface area contributed by atoms with Gasteiger partial charge in [-0.3, -0.25) is 10.1 Å². The second-order valence-electron chi connectivity index (χ2n) is 4.98. The zero-order valence-electron chi connectivity index (χ0n) is 12.7. The number of carbonyl (C=O) groups is 1. The van der Waals surface area contributed by atoms with Crippen LogP contribution in [0.3, 0.4) is 0 Å². The van der Waals surface area contributed by atoms with E-state index < -0.39 is 0 Å². The summed E-state index contributed by atoms with van der Waals surface area (Å²) in [5, 5.41) is 8.53. The zero-order valence-corrected chi connectivity index (χ0v) is 13.5. The number of thiazole rings is 1. The molecule has 5 nitrogen and oxygen atoms in total. The Labute approximate surface area is 129 Å². The van der Waals surface area contributed by atoms with Crippen molar-refractivity contribution in [3.8, 4) is 0 Å². The number of nitrogens with zero attached hydrogens (tertiary/aromatic N) is 2. The first kappa shape index (κ1) is 15.5. The van der Waals surface area contributed by atoms with Crippen LogP contribution in [-0.4, -0.2) is 32.0 Å². The van der Waals surface area contributed by atoms with Crippen molar-refractivity contribution in [1.82, 2.24) is 10.3 Å². The highest BCUT2D eigenvalue weighted by Crippen LogP contribution is 2.21. The fourth-order valence-corrected chi connectivity index (χ4v) is 2.57. The molecule has 2 aromatic rings. The molecule has 0 spiro atoms. The average molecular weight is 304 g/mol. The van der Waals surface area contributed by atoms with Crippen LogP contribution < -0.4 is 15.5 Å². The van der Waals surface area contributed by atoms with E-state index in [0.29, 0.717) is 10.7 Å². The molecule has 0 aliphatic rings. The Balaban J connectivity index is 2.05. The van der Waals surface area contributed by atoms with E-state index in [1.165, 1.54) is 11.3 Å². The van der Waals surface area contributed by atoms with Gasteiger partial charge in [-0.05, 0) is 38.2 Å². The molecule has 1 aromatic carbocycles. The van der Waals surface area contributed by atoms with Crippen molar-refractivity contribution in [3.05, 3.63) is 40.9 Å². The summed E-state index contributed by atoms with van der Waals surface area (Å²) >= 11 is 1.43. The summed E-state index contributed by atoms with van der Waals surface area (Å²) in [4.78, 5) is 18.6. The molecule has 0 aliphatic carbocycles. The van der Waals surface area contributed by atoms with Crippen LogP contribution in [0.5, 0.6) is 0 Å². The summed E-state index contributed by atoms with van der Waals surface area (Å²) in [5.74, 6) is -0.140. The molecule has 0 bridgehead atoms. The second kappa shape index (κ2) is 6.69. The third-order valence-electron chi connectivity index (χ3n) is 3.26. The van der Waals surface area contributed by atoms with Gasteiger partial charge in [-0.15, -0.1) is 11.3 Å². The lowest BCUT2D eigenvalue weighted by atomic mass is 10.2. The van der Waals surface area contributed by atoms with Gasteiger partial charge in [0.15, 0.2) is 5.13 Å². The fourth-order valence-electron chi connectivity index (χ4n) is 1.77. The molecule has 21 heavy (non-hydrogen) atoms. The van der Waals surface area contributed by atoms with Crippen molar-refractivity contribution < 1.29 is 4.79 Å². The van der Waals surface area contributed by atoms with Crippen molar-refractivity contribution in [1.29, 1.82) is 0 Å². The van der Waals surface area contributed by atoms with E-state index in [2.05, 4.69) is 15.6 Å². The summed E-state index contributed by atoms with van der Waals surface area (Å²) in [6.45, 7) is 2.03. The van der Waals surface area contributed by atoms with Crippen molar-refractivity contribution in [3.63, 3.8) is 0 Å². The van der Waals surface area contributed by atoms with Gasteiger partial charge in [-0.1, -0.05) is 0 Å². The van der Waals surface area contributed by atoms with Crippen LogP contribution in [-0.2, 0) is 0 Å². The third-order valence-corrected chi connectivity index (χ3v) is 4.04. The minimum absolute atomic E-state index is 0.140. The van der Waals surface area contributed by atoms with Gasteiger partial charge in [0, 0.05) is 36.8 Å². The summed E-state index contributed by atoms with van der Waals surface area (Å²) < 4.78 is 0. The van der Waals surface area contributed by atoms with Crippen LogP contribution in [0.4, 0.5) is 10.8 Å². The standard InChI is InChI=1S/C15H20N4OS/c1-10(16-2)13-9-21-15(17-13)18-14(20)11-5-7-12(8-6-11)19(3)4/h5-10,16H,1-4H3,(H,17,18,20). The summed E-state index contributed by atoms with van der Waals surface area (Å²) in [6.07, 6.45) is 0. The number of benzene rings is 1. The Morgan fingerprint density at radius 3 is 2.52 bits per heavy atom. The zero-order chi connectivity index (χ0) is 15.4. The van der Waals surface area contributed by atoms with E-state index in [9.17, 15) is 4.79 Å². The number of rotatable bonds is 5. The van der Waals surface area contributed by atoms with E-state index in [1.807, 2.05) is 62.6 Å². The van der Waals surface area contributed by atoms with Crippen molar-refractivity contribution in [2.45, 2.75) is 13.0 Å². The van der Waals surface area contributed by atoms with Crippen LogP contribution in [0.15, 0.2) is 29.6 Å². The molecule has 0 saturated heterocycles. The van der Waals surface area contributed by atoms with Crippen LogP contribution in [0.2, 0.25) is 0 Å². The monoisotopic (exact) mass is 304 g/mol. The Morgan fingerprint density at radius 1 is 1.29 bits per heavy atom. The van der Waals surface area contributed by atoms with Gasteiger partial charge < -0.3 is 10.2 Å². The minimum Gasteiger partial charge on any atom is -0.378 e. The van der Waals surface area contributed by atoms with Crippen molar-refractivity contribution in [2.75, 3.05) is 31.4 Å². The molecule has 1 unspecified atom stereocenters. The highest BCUT2D eigenvalue weighted by atomic mass is 32.1. The van der Waals surface area contributed by atoms with E-state index in [0.717, 1.165) is 11.4 Å². The normalized spacial score (nSPS) is 12.0. The molecule has 2 rings (SSSR count). The lowest BCUT2D eigenvalue weighted by molar-refractivity contribution is 0.102. The first-order chi connectivity index (χ1) is 10.0. The van der Waals surface area contributed by atoms with Gasteiger partial charge in [0.25, 0.3) is 5.91 Å². The topological polar surface area (TPSA) is 57.3 Å². The maximum absolute atomic E-state index is 12.2. The maximum atomic E-state index is 12.2. The molecule has 0 radical (unpaired) electrons. The largest absolute Gasteiger partial charge is 0.378 e. The fraction of sp³-hybridized carbons (Fsp3) is 0.333. The number of hydrogen-bond donors (Lipinski definition) is 2. The summed E-state index contributed by atoms with van der Waals surface area (Å²) in [6, 6.07) is 7.65. The number of amides is 1. The quantitative estimate of drug-likeness (QED) is 0.892. The van der Waals surface area contributed by atoms with Gasteiger partial charge in [0.2, 0.25) is 0 Å². The summed E-state index contributed by atoms with van der Waals surface area (Å²) in [5.41, 5.74) is 2.62. The van der Waals surface area contributed by atoms with Gasteiger partial charge in [-0.2, -0.15) is 0 Å². The first-order valence-electron chi connectivity index (χ1n) is 6.72. The highest BCUT2D eigenvalue weighted by Gasteiger charge is 2.11. The van der Waals surface area contributed by atoms with Crippen LogP contribution in [0.1, 0.15) is 29.0 Å². The number of aromatic nitrogens is 1. The molecule has 0 aliphatic heterocycles. The van der Waals surface area contributed by atoms with Gasteiger partial charge >= 0.3 is 0 Å². The molecule has 1 aromatic heterocycles. The van der Waals surface area contributed by atoms with E-state index in [1.54, 1.807) is 0 Å². The number of hydrogen-bond acceptors (Lipinski definition) is 5. The number of carbonyl (C=O) groups excluding carboxylic acids is 1. The molecule has 1 atom stereocenters. The van der Waals surface area contributed by atoms with E-state index >= 15 is 0 Å². The van der Waals surface area contributed by atoms with E-state index in [4.69, 9.17) is 0 Å². The molecule has 2 N–H and O–H groups in total. The first-order valence-corrected chi connectivity index (χ1v) is 7.60. The molecular weight excluding hydrogens is 284 g/mol. The van der Waals surface area contributed by atoms with Crippen molar-refractivity contribution in [2.24, 2.45) is 0 Å². The second-order valence-corrected chi connectivity index (χ2v) is 5.84. The smallest absolute Gasteiger partial charge is 0.257 e. The number of anilines is 2. The third kappa shape index (κ3) is 3.80. The summed E-state index contributed by atoms with van der Waals surface area (Å²) in [7, 11) is 5.82. The lowest BCUT2D eigenvalue weighted by Crippen LogP contribution is -2.14. The Kier molecular flexibility index (Phi) is 4.93. The van der Waals surface area contributed by atoms with Crippen LogP contribution >= 0.6 is 11.3 Å².